The van der Waals surface area contributed by atoms with Crippen molar-refractivity contribution >= 4 is 27.8 Å². The summed E-state index contributed by atoms with van der Waals surface area (Å²) in [5, 5.41) is 11.0. The lowest BCUT2D eigenvalue weighted by molar-refractivity contribution is 0.561. The minimum atomic E-state index is 0.333. The molecule has 0 spiro atoms. The monoisotopic (exact) mass is 295 g/mol. The van der Waals surface area contributed by atoms with Gasteiger partial charge in [-0.2, -0.15) is 11.3 Å². The number of hydrogen-bond donors (Lipinski definition) is 1. The van der Waals surface area contributed by atoms with Gasteiger partial charge < -0.3 is 10.2 Å². The lowest BCUT2D eigenvalue weighted by atomic mass is 10.2. The van der Waals surface area contributed by atoms with Crippen LogP contribution in [0.3, 0.4) is 0 Å². The molecule has 1 unspecified atom stereocenters. The third kappa shape index (κ3) is 4.03. The van der Waals surface area contributed by atoms with E-state index in [9.17, 15) is 0 Å². The number of rotatable bonds is 7. The van der Waals surface area contributed by atoms with Crippen LogP contribution in [-0.4, -0.2) is 18.6 Å². The van der Waals surface area contributed by atoms with Gasteiger partial charge >= 0.3 is 0 Å². The van der Waals surface area contributed by atoms with Gasteiger partial charge in [0.1, 0.15) is 0 Å². The highest BCUT2D eigenvalue weighted by Gasteiger charge is 2.12. The van der Waals surface area contributed by atoms with E-state index in [0.29, 0.717) is 6.04 Å². The quantitative estimate of drug-likeness (QED) is 0.839. The standard InChI is InChI=1S/C14H21N3S2/c1-4-6-15-11(2)13-10-19-14(16-13)17(3)8-12-5-7-18-9-12/h5,7,9-11,15H,4,6,8H2,1-3H3. The van der Waals surface area contributed by atoms with Gasteiger partial charge in [-0.25, -0.2) is 4.98 Å². The second-order valence-corrected chi connectivity index (χ2v) is 6.34. The second kappa shape index (κ2) is 7.03. The average molecular weight is 295 g/mol. The highest BCUT2D eigenvalue weighted by atomic mass is 32.1. The summed E-state index contributed by atoms with van der Waals surface area (Å²) in [4.78, 5) is 6.94. The van der Waals surface area contributed by atoms with Gasteiger partial charge in [-0.05, 0) is 42.3 Å². The molecule has 0 saturated heterocycles. The van der Waals surface area contributed by atoms with Crippen LogP contribution in [0, 0.1) is 0 Å². The molecule has 0 amide bonds. The molecule has 0 radical (unpaired) electrons. The third-order valence-electron chi connectivity index (χ3n) is 2.98. The van der Waals surface area contributed by atoms with Crippen LogP contribution in [0.25, 0.3) is 0 Å². The summed E-state index contributed by atoms with van der Waals surface area (Å²) in [7, 11) is 2.10. The van der Waals surface area contributed by atoms with Crippen LogP contribution in [-0.2, 0) is 6.54 Å². The van der Waals surface area contributed by atoms with Crippen LogP contribution >= 0.6 is 22.7 Å². The molecular weight excluding hydrogens is 274 g/mol. The van der Waals surface area contributed by atoms with Crippen LogP contribution in [0.1, 0.15) is 37.6 Å². The zero-order chi connectivity index (χ0) is 13.7. The van der Waals surface area contributed by atoms with E-state index in [1.165, 1.54) is 5.56 Å². The van der Waals surface area contributed by atoms with Crippen molar-refractivity contribution in [3.8, 4) is 0 Å². The number of hydrogen-bond acceptors (Lipinski definition) is 5. The molecule has 0 aliphatic rings. The molecule has 2 aromatic heterocycles. The summed E-state index contributed by atoms with van der Waals surface area (Å²) in [5.41, 5.74) is 2.49. The summed E-state index contributed by atoms with van der Waals surface area (Å²) in [6.45, 7) is 6.32. The average Bonchev–Trinajstić information content (AvgIpc) is 3.06. The fraction of sp³-hybridized carbons (Fsp3) is 0.500. The maximum Gasteiger partial charge on any atom is 0.185 e. The predicted molar refractivity (Wildman–Crippen MR) is 85.2 cm³/mol. The molecule has 2 aromatic rings. The summed E-state index contributed by atoms with van der Waals surface area (Å²) in [6.07, 6.45) is 1.15. The molecule has 0 bridgehead atoms. The van der Waals surface area contributed by atoms with E-state index in [0.717, 1.165) is 30.3 Å². The Balaban J connectivity index is 1.96. The first-order valence-corrected chi connectivity index (χ1v) is 8.44. The zero-order valence-electron chi connectivity index (χ0n) is 11.7. The summed E-state index contributed by atoms with van der Waals surface area (Å²) >= 11 is 3.46. The normalized spacial score (nSPS) is 12.6. The van der Waals surface area contributed by atoms with Crippen LogP contribution in [0.5, 0.6) is 0 Å². The number of nitrogens with one attached hydrogen (secondary N) is 1. The molecule has 2 heterocycles. The number of aromatic nitrogens is 1. The molecule has 3 nitrogen and oxygen atoms in total. The van der Waals surface area contributed by atoms with Crippen molar-refractivity contribution in [2.24, 2.45) is 0 Å². The van der Waals surface area contributed by atoms with Gasteiger partial charge in [0.2, 0.25) is 0 Å². The van der Waals surface area contributed by atoms with Crippen molar-refractivity contribution in [2.45, 2.75) is 32.9 Å². The molecule has 2 rings (SSSR count). The van der Waals surface area contributed by atoms with Crippen LogP contribution in [0.4, 0.5) is 5.13 Å². The van der Waals surface area contributed by atoms with E-state index in [4.69, 9.17) is 4.98 Å². The zero-order valence-corrected chi connectivity index (χ0v) is 13.4. The Morgan fingerprint density at radius 3 is 2.95 bits per heavy atom. The Morgan fingerprint density at radius 1 is 1.42 bits per heavy atom. The first kappa shape index (κ1) is 14.5. The number of thiophene rings is 1. The van der Waals surface area contributed by atoms with Gasteiger partial charge in [0, 0.05) is 25.0 Å². The highest BCUT2D eigenvalue weighted by Crippen LogP contribution is 2.24. The van der Waals surface area contributed by atoms with Gasteiger partial charge in [0.05, 0.1) is 5.69 Å². The van der Waals surface area contributed by atoms with E-state index >= 15 is 0 Å². The maximum atomic E-state index is 4.73. The number of nitrogens with zero attached hydrogens (tertiary/aromatic N) is 2. The minimum Gasteiger partial charge on any atom is -0.347 e. The summed E-state index contributed by atoms with van der Waals surface area (Å²) in [5.74, 6) is 0. The molecule has 0 aliphatic carbocycles. The molecule has 0 fully saturated rings. The molecule has 5 heteroatoms. The molecule has 104 valence electrons. The van der Waals surface area contributed by atoms with Crippen molar-refractivity contribution < 1.29 is 0 Å². The third-order valence-corrected chi connectivity index (χ3v) is 4.69. The smallest absolute Gasteiger partial charge is 0.185 e. The molecule has 1 atom stereocenters. The van der Waals surface area contributed by atoms with Crippen LogP contribution in [0.15, 0.2) is 22.2 Å². The van der Waals surface area contributed by atoms with Crippen molar-refractivity contribution in [3.63, 3.8) is 0 Å². The predicted octanol–water partition coefficient (Wildman–Crippen LogP) is 3.90. The fourth-order valence-corrected chi connectivity index (χ4v) is 3.39. The van der Waals surface area contributed by atoms with Crippen molar-refractivity contribution in [1.29, 1.82) is 0 Å². The number of anilines is 1. The van der Waals surface area contributed by atoms with Crippen LogP contribution < -0.4 is 10.2 Å². The van der Waals surface area contributed by atoms with E-state index in [1.807, 2.05) is 0 Å². The van der Waals surface area contributed by atoms with Crippen LogP contribution in [0.2, 0.25) is 0 Å². The number of thiazole rings is 1. The highest BCUT2D eigenvalue weighted by molar-refractivity contribution is 7.13. The summed E-state index contributed by atoms with van der Waals surface area (Å²) in [6, 6.07) is 2.50. The summed E-state index contributed by atoms with van der Waals surface area (Å²) < 4.78 is 0. The minimum absolute atomic E-state index is 0.333. The topological polar surface area (TPSA) is 28.2 Å². The largest absolute Gasteiger partial charge is 0.347 e. The van der Waals surface area contributed by atoms with E-state index < -0.39 is 0 Å². The van der Waals surface area contributed by atoms with Gasteiger partial charge in [-0.1, -0.05) is 6.92 Å². The SMILES string of the molecule is CCCNC(C)c1csc(N(C)Cc2ccsc2)n1. The Labute approximate surface area is 123 Å². The molecule has 19 heavy (non-hydrogen) atoms. The lowest BCUT2D eigenvalue weighted by Crippen LogP contribution is -2.20. The first-order valence-electron chi connectivity index (χ1n) is 6.61. The Bertz CT molecular complexity index is 479. The van der Waals surface area contributed by atoms with Crippen molar-refractivity contribution in [1.82, 2.24) is 10.3 Å². The van der Waals surface area contributed by atoms with Gasteiger partial charge in [0.25, 0.3) is 0 Å². The van der Waals surface area contributed by atoms with E-state index in [-0.39, 0.29) is 0 Å². The molecule has 1 N–H and O–H groups in total. The van der Waals surface area contributed by atoms with Gasteiger partial charge in [-0.3, -0.25) is 0 Å². The maximum absolute atomic E-state index is 4.73. The van der Waals surface area contributed by atoms with E-state index in [2.05, 4.69) is 53.3 Å². The van der Waals surface area contributed by atoms with Gasteiger partial charge in [-0.15, -0.1) is 11.3 Å². The molecular formula is C14H21N3S2. The molecule has 0 saturated carbocycles. The Kier molecular flexibility index (Phi) is 5.36. The first-order chi connectivity index (χ1) is 9.20. The van der Waals surface area contributed by atoms with Gasteiger partial charge in [0.15, 0.2) is 5.13 Å². The fourth-order valence-electron chi connectivity index (χ4n) is 1.84. The molecule has 0 aromatic carbocycles. The van der Waals surface area contributed by atoms with Crippen molar-refractivity contribution in [3.05, 3.63) is 33.5 Å². The second-order valence-electron chi connectivity index (χ2n) is 4.72. The van der Waals surface area contributed by atoms with E-state index in [1.54, 1.807) is 22.7 Å². The molecule has 0 aliphatic heterocycles. The van der Waals surface area contributed by atoms with Crippen molar-refractivity contribution in [2.75, 3.05) is 18.5 Å². The Hall–Kier alpha value is -0.910. The Morgan fingerprint density at radius 2 is 2.26 bits per heavy atom. The lowest BCUT2D eigenvalue weighted by Gasteiger charge is -2.15.